The van der Waals surface area contributed by atoms with Crippen LogP contribution in [-0.4, -0.2) is 53.8 Å². The van der Waals surface area contributed by atoms with E-state index in [0.717, 1.165) is 25.7 Å². The standard InChI is InChI=1S/C23H34N2O4/c1-4-6-9-15-24(21(26)12-13-23(28)29-5-2)17-22(27)25-16-14-19-10-7-8-11-20(19)18(25)3/h7-8,10-11,18H,4-6,9,12-17H2,1-3H3. The van der Waals surface area contributed by atoms with Crippen molar-refractivity contribution in [3.05, 3.63) is 35.4 Å². The summed E-state index contributed by atoms with van der Waals surface area (Å²) in [5, 5.41) is 0. The molecule has 0 aliphatic carbocycles. The van der Waals surface area contributed by atoms with Crippen LogP contribution in [0.1, 0.15) is 70.0 Å². The number of fused-ring (bicyclic) bond motifs is 1. The third kappa shape index (κ3) is 6.58. The summed E-state index contributed by atoms with van der Waals surface area (Å²) in [6, 6.07) is 8.21. The number of carbonyl (C=O) groups is 3. The van der Waals surface area contributed by atoms with Gasteiger partial charge in [0.1, 0.15) is 0 Å². The Labute approximate surface area is 174 Å². The van der Waals surface area contributed by atoms with E-state index in [1.54, 1.807) is 11.8 Å². The molecule has 0 saturated carbocycles. The van der Waals surface area contributed by atoms with Crippen LogP contribution in [0.3, 0.4) is 0 Å². The van der Waals surface area contributed by atoms with Crippen LogP contribution in [0, 0.1) is 0 Å². The van der Waals surface area contributed by atoms with Crippen LogP contribution in [0.25, 0.3) is 0 Å². The molecular formula is C23H34N2O4. The average Bonchev–Trinajstić information content (AvgIpc) is 2.72. The number of carbonyl (C=O) groups excluding carboxylic acids is 3. The highest BCUT2D eigenvalue weighted by Gasteiger charge is 2.29. The lowest BCUT2D eigenvalue weighted by Crippen LogP contribution is -2.46. The molecule has 0 N–H and O–H groups in total. The molecule has 1 unspecified atom stereocenters. The number of amides is 2. The lowest BCUT2D eigenvalue weighted by molar-refractivity contribution is -0.146. The number of nitrogens with zero attached hydrogens (tertiary/aromatic N) is 2. The minimum absolute atomic E-state index is 0.000393. The molecule has 0 spiro atoms. The zero-order chi connectivity index (χ0) is 21.2. The van der Waals surface area contributed by atoms with E-state index in [0.29, 0.717) is 19.7 Å². The number of esters is 1. The van der Waals surface area contributed by atoms with Gasteiger partial charge in [-0.25, -0.2) is 0 Å². The molecule has 160 valence electrons. The summed E-state index contributed by atoms with van der Waals surface area (Å²) in [4.78, 5) is 40.8. The Morgan fingerprint density at radius 3 is 2.62 bits per heavy atom. The predicted octanol–water partition coefficient (Wildman–Crippen LogP) is 3.49. The molecule has 1 aliphatic rings. The Morgan fingerprint density at radius 2 is 1.90 bits per heavy atom. The van der Waals surface area contributed by atoms with Crippen molar-refractivity contribution >= 4 is 17.8 Å². The van der Waals surface area contributed by atoms with Crippen molar-refractivity contribution in [3.63, 3.8) is 0 Å². The van der Waals surface area contributed by atoms with Gasteiger partial charge in [-0.15, -0.1) is 0 Å². The molecule has 0 aromatic heterocycles. The number of ether oxygens (including phenoxy) is 1. The number of hydrogen-bond donors (Lipinski definition) is 0. The van der Waals surface area contributed by atoms with E-state index in [2.05, 4.69) is 19.1 Å². The van der Waals surface area contributed by atoms with Crippen molar-refractivity contribution in [1.29, 1.82) is 0 Å². The van der Waals surface area contributed by atoms with E-state index in [9.17, 15) is 14.4 Å². The smallest absolute Gasteiger partial charge is 0.306 e. The molecule has 0 radical (unpaired) electrons. The van der Waals surface area contributed by atoms with Crippen molar-refractivity contribution in [2.75, 3.05) is 26.2 Å². The first-order valence-electron chi connectivity index (χ1n) is 10.8. The van der Waals surface area contributed by atoms with E-state index in [1.165, 1.54) is 11.1 Å². The van der Waals surface area contributed by atoms with Gasteiger partial charge in [-0.2, -0.15) is 0 Å². The predicted molar refractivity (Wildman–Crippen MR) is 112 cm³/mol. The zero-order valence-corrected chi connectivity index (χ0v) is 18.0. The normalized spacial score (nSPS) is 15.6. The Bertz CT molecular complexity index is 704. The SMILES string of the molecule is CCCCCN(CC(=O)N1CCc2ccccc2C1C)C(=O)CCC(=O)OCC. The van der Waals surface area contributed by atoms with Gasteiger partial charge in [0.2, 0.25) is 11.8 Å². The summed E-state index contributed by atoms with van der Waals surface area (Å²) in [6.07, 6.45) is 3.86. The third-order valence-corrected chi connectivity index (χ3v) is 5.47. The molecule has 0 saturated heterocycles. The second-order valence-electron chi connectivity index (χ2n) is 7.54. The van der Waals surface area contributed by atoms with Gasteiger partial charge in [0.05, 0.1) is 25.6 Å². The molecule has 2 rings (SSSR count). The van der Waals surface area contributed by atoms with Gasteiger partial charge in [0.15, 0.2) is 0 Å². The number of hydrogen-bond acceptors (Lipinski definition) is 4. The highest BCUT2D eigenvalue weighted by atomic mass is 16.5. The largest absolute Gasteiger partial charge is 0.466 e. The Hall–Kier alpha value is -2.37. The van der Waals surface area contributed by atoms with Gasteiger partial charge in [0.25, 0.3) is 0 Å². The molecule has 29 heavy (non-hydrogen) atoms. The monoisotopic (exact) mass is 402 g/mol. The fourth-order valence-electron chi connectivity index (χ4n) is 3.81. The minimum Gasteiger partial charge on any atom is -0.466 e. The van der Waals surface area contributed by atoms with Crippen LogP contribution in [0.4, 0.5) is 0 Å². The molecule has 0 bridgehead atoms. The maximum atomic E-state index is 13.0. The fraction of sp³-hybridized carbons (Fsp3) is 0.609. The van der Waals surface area contributed by atoms with E-state index in [1.807, 2.05) is 24.0 Å². The van der Waals surface area contributed by atoms with Crippen LogP contribution >= 0.6 is 0 Å². The second-order valence-corrected chi connectivity index (χ2v) is 7.54. The van der Waals surface area contributed by atoms with E-state index < -0.39 is 0 Å². The van der Waals surface area contributed by atoms with Crippen LogP contribution in [0.5, 0.6) is 0 Å². The molecule has 2 amide bonds. The maximum Gasteiger partial charge on any atom is 0.306 e. The van der Waals surface area contributed by atoms with Crippen LogP contribution in [0.15, 0.2) is 24.3 Å². The molecule has 1 aliphatic heterocycles. The van der Waals surface area contributed by atoms with Gasteiger partial charge in [0, 0.05) is 19.5 Å². The summed E-state index contributed by atoms with van der Waals surface area (Å²) in [6.45, 7) is 7.47. The molecular weight excluding hydrogens is 368 g/mol. The average molecular weight is 403 g/mol. The molecule has 6 heteroatoms. The lowest BCUT2D eigenvalue weighted by Gasteiger charge is -2.36. The first kappa shape index (κ1) is 22.9. The van der Waals surface area contributed by atoms with E-state index in [4.69, 9.17) is 4.74 Å². The molecule has 1 aromatic rings. The van der Waals surface area contributed by atoms with Crippen molar-refractivity contribution < 1.29 is 19.1 Å². The van der Waals surface area contributed by atoms with Crippen LogP contribution in [0.2, 0.25) is 0 Å². The van der Waals surface area contributed by atoms with Crippen molar-refractivity contribution in [2.24, 2.45) is 0 Å². The summed E-state index contributed by atoms with van der Waals surface area (Å²) in [5.74, 6) is -0.567. The van der Waals surface area contributed by atoms with Crippen LogP contribution in [-0.2, 0) is 25.5 Å². The summed E-state index contributed by atoms with van der Waals surface area (Å²) in [7, 11) is 0. The summed E-state index contributed by atoms with van der Waals surface area (Å²) < 4.78 is 4.91. The van der Waals surface area contributed by atoms with Crippen molar-refractivity contribution in [3.8, 4) is 0 Å². The quantitative estimate of drug-likeness (QED) is 0.444. The second kappa shape index (κ2) is 11.6. The molecule has 6 nitrogen and oxygen atoms in total. The summed E-state index contributed by atoms with van der Waals surface area (Å²) in [5.41, 5.74) is 2.47. The number of rotatable bonds is 10. The van der Waals surface area contributed by atoms with Crippen molar-refractivity contribution in [2.45, 2.75) is 65.3 Å². The highest BCUT2D eigenvalue weighted by Crippen LogP contribution is 2.29. The lowest BCUT2D eigenvalue weighted by atomic mass is 9.93. The van der Waals surface area contributed by atoms with Crippen LogP contribution < -0.4 is 0 Å². The molecule has 1 heterocycles. The topological polar surface area (TPSA) is 66.9 Å². The van der Waals surface area contributed by atoms with Gasteiger partial charge in [-0.1, -0.05) is 44.0 Å². The Balaban J connectivity index is 2.00. The number of benzene rings is 1. The maximum absolute atomic E-state index is 13.0. The Kier molecular flexibility index (Phi) is 9.16. The van der Waals surface area contributed by atoms with Gasteiger partial charge in [-0.05, 0) is 37.8 Å². The van der Waals surface area contributed by atoms with E-state index >= 15 is 0 Å². The third-order valence-electron chi connectivity index (χ3n) is 5.47. The zero-order valence-electron chi connectivity index (χ0n) is 18.0. The highest BCUT2D eigenvalue weighted by molar-refractivity contribution is 5.87. The van der Waals surface area contributed by atoms with Gasteiger partial charge >= 0.3 is 5.97 Å². The van der Waals surface area contributed by atoms with E-state index in [-0.39, 0.29) is 43.2 Å². The fourth-order valence-corrected chi connectivity index (χ4v) is 3.81. The van der Waals surface area contributed by atoms with Gasteiger partial charge in [-0.3, -0.25) is 14.4 Å². The molecule has 1 atom stereocenters. The number of unbranched alkanes of at least 4 members (excludes halogenated alkanes) is 2. The first-order valence-corrected chi connectivity index (χ1v) is 10.8. The van der Waals surface area contributed by atoms with Gasteiger partial charge < -0.3 is 14.5 Å². The Morgan fingerprint density at radius 1 is 1.14 bits per heavy atom. The minimum atomic E-state index is -0.373. The molecule has 1 aromatic carbocycles. The molecule has 0 fully saturated rings. The summed E-state index contributed by atoms with van der Waals surface area (Å²) >= 11 is 0. The van der Waals surface area contributed by atoms with Crippen molar-refractivity contribution in [1.82, 2.24) is 9.80 Å². The first-order chi connectivity index (χ1) is 14.0.